The van der Waals surface area contributed by atoms with E-state index in [-0.39, 0.29) is 35.3 Å². The first-order chi connectivity index (χ1) is 14.0. The standard InChI is InChI=1S/C21H33N3O5S/c1-16(21(2,3)4)22(5)15-20(25)23-8-10-24(11-9-23)30(26,27)17-6-7-18-19(14-17)29-13-12-28-18/h6-7,14,16H,8-13,15H2,1-5H3. The summed E-state index contributed by atoms with van der Waals surface area (Å²) in [4.78, 5) is 16.7. The highest BCUT2D eigenvalue weighted by Gasteiger charge is 2.32. The number of carbonyl (C=O) groups excluding carboxylic acids is 1. The normalized spacial score (nSPS) is 19.1. The topological polar surface area (TPSA) is 79.4 Å². The van der Waals surface area contributed by atoms with E-state index in [2.05, 4.69) is 32.6 Å². The Morgan fingerprint density at radius 3 is 2.30 bits per heavy atom. The molecule has 3 rings (SSSR count). The van der Waals surface area contributed by atoms with Crippen LogP contribution in [0.3, 0.4) is 0 Å². The van der Waals surface area contributed by atoms with Gasteiger partial charge in [0.15, 0.2) is 11.5 Å². The SMILES string of the molecule is CC(N(C)CC(=O)N1CCN(S(=O)(=O)c2ccc3c(c2)OCCO3)CC1)C(C)(C)C. The maximum Gasteiger partial charge on any atom is 0.243 e. The van der Waals surface area contributed by atoms with Crippen molar-refractivity contribution in [2.75, 3.05) is 53.0 Å². The summed E-state index contributed by atoms with van der Waals surface area (Å²) in [6, 6.07) is 4.94. The Hall–Kier alpha value is -1.84. The number of carbonyl (C=O) groups is 1. The van der Waals surface area contributed by atoms with Gasteiger partial charge in [-0.1, -0.05) is 20.8 Å². The third-order valence-corrected chi connectivity index (χ3v) is 7.94. The molecule has 2 aliphatic rings. The predicted molar refractivity (Wildman–Crippen MR) is 114 cm³/mol. The van der Waals surface area contributed by atoms with Crippen LogP contribution in [0.25, 0.3) is 0 Å². The van der Waals surface area contributed by atoms with E-state index in [1.54, 1.807) is 17.0 Å². The number of piperazine rings is 1. The van der Waals surface area contributed by atoms with Crippen LogP contribution in [0.4, 0.5) is 0 Å². The van der Waals surface area contributed by atoms with E-state index in [4.69, 9.17) is 9.47 Å². The molecule has 0 N–H and O–H groups in total. The van der Waals surface area contributed by atoms with Crippen molar-refractivity contribution < 1.29 is 22.7 Å². The smallest absolute Gasteiger partial charge is 0.243 e. The van der Waals surface area contributed by atoms with Gasteiger partial charge in [0.05, 0.1) is 11.4 Å². The first-order valence-electron chi connectivity index (χ1n) is 10.4. The summed E-state index contributed by atoms with van der Waals surface area (Å²) in [5.74, 6) is 1.04. The van der Waals surface area contributed by atoms with Crippen molar-refractivity contribution in [1.29, 1.82) is 0 Å². The van der Waals surface area contributed by atoms with Crippen molar-refractivity contribution in [2.24, 2.45) is 5.41 Å². The molecule has 0 aliphatic carbocycles. The number of rotatable bonds is 5. The Morgan fingerprint density at radius 2 is 1.70 bits per heavy atom. The average Bonchev–Trinajstić information content (AvgIpc) is 2.72. The molecule has 1 aromatic carbocycles. The minimum Gasteiger partial charge on any atom is -0.486 e. The fourth-order valence-corrected chi connectivity index (χ4v) is 5.06. The second kappa shape index (κ2) is 8.72. The van der Waals surface area contributed by atoms with Gasteiger partial charge in [-0.05, 0) is 31.5 Å². The van der Waals surface area contributed by atoms with Crippen molar-refractivity contribution in [3.05, 3.63) is 18.2 Å². The molecular formula is C21H33N3O5S. The van der Waals surface area contributed by atoms with Crippen LogP contribution in [0, 0.1) is 5.41 Å². The largest absolute Gasteiger partial charge is 0.486 e. The van der Waals surface area contributed by atoms with Crippen molar-refractivity contribution >= 4 is 15.9 Å². The number of likely N-dealkylation sites (N-methyl/N-ethyl adjacent to an activating group) is 1. The number of ether oxygens (including phenoxy) is 2. The van der Waals surface area contributed by atoms with Crippen molar-refractivity contribution in [1.82, 2.24) is 14.1 Å². The van der Waals surface area contributed by atoms with Crippen molar-refractivity contribution in [3.8, 4) is 11.5 Å². The van der Waals surface area contributed by atoms with Gasteiger partial charge in [0.25, 0.3) is 0 Å². The molecule has 0 saturated carbocycles. The van der Waals surface area contributed by atoms with Crippen LogP contribution < -0.4 is 9.47 Å². The quantitative estimate of drug-likeness (QED) is 0.694. The lowest BCUT2D eigenvalue weighted by Crippen LogP contribution is -2.53. The predicted octanol–water partition coefficient (Wildman–Crippen LogP) is 1.66. The lowest BCUT2D eigenvalue weighted by Gasteiger charge is -2.38. The van der Waals surface area contributed by atoms with Gasteiger partial charge in [-0.25, -0.2) is 8.42 Å². The molecule has 1 unspecified atom stereocenters. The van der Waals surface area contributed by atoms with E-state index < -0.39 is 10.0 Å². The fraction of sp³-hybridized carbons (Fsp3) is 0.667. The molecule has 30 heavy (non-hydrogen) atoms. The molecule has 9 heteroatoms. The van der Waals surface area contributed by atoms with E-state index >= 15 is 0 Å². The fourth-order valence-electron chi connectivity index (χ4n) is 3.62. The lowest BCUT2D eigenvalue weighted by molar-refractivity contribution is -0.134. The Morgan fingerprint density at radius 1 is 1.10 bits per heavy atom. The first kappa shape index (κ1) is 22.8. The Kier molecular flexibility index (Phi) is 6.64. The molecule has 0 radical (unpaired) electrons. The molecule has 8 nitrogen and oxygen atoms in total. The van der Waals surface area contributed by atoms with Gasteiger partial charge < -0.3 is 14.4 Å². The van der Waals surface area contributed by atoms with Crippen LogP contribution in [0.15, 0.2) is 23.1 Å². The zero-order valence-electron chi connectivity index (χ0n) is 18.6. The van der Waals surface area contributed by atoms with Gasteiger partial charge in [-0.3, -0.25) is 9.69 Å². The van der Waals surface area contributed by atoms with Crippen LogP contribution in [-0.4, -0.2) is 87.5 Å². The summed E-state index contributed by atoms with van der Waals surface area (Å²) in [5.41, 5.74) is 0.0748. The highest BCUT2D eigenvalue weighted by molar-refractivity contribution is 7.89. The third kappa shape index (κ3) is 4.90. The van der Waals surface area contributed by atoms with E-state index in [9.17, 15) is 13.2 Å². The maximum absolute atomic E-state index is 13.0. The van der Waals surface area contributed by atoms with E-state index in [0.717, 1.165) is 0 Å². The number of nitrogens with zero attached hydrogens (tertiary/aromatic N) is 3. The molecular weight excluding hydrogens is 406 g/mol. The van der Waals surface area contributed by atoms with E-state index in [1.807, 2.05) is 7.05 Å². The molecule has 1 fully saturated rings. The first-order valence-corrected chi connectivity index (χ1v) is 11.8. The zero-order valence-corrected chi connectivity index (χ0v) is 19.4. The molecule has 1 atom stereocenters. The summed E-state index contributed by atoms with van der Waals surface area (Å²) in [6.07, 6.45) is 0. The molecule has 0 spiro atoms. The molecule has 2 heterocycles. The number of hydrogen-bond donors (Lipinski definition) is 0. The minimum absolute atomic E-state index is 0.0324. The molecule has 1 aromatic rings. The number of fused-ring (bicyclic) bond motifs is 1. The summed E-state index contributed by atoms with van der Waals surface area (Å²) in [6.45, 7) is 11.1. The monoisotopic (exact) mass is 439 g/mol. The lowest BCUT2D eigenvalue weighted by atomic mass is 9.87. The van der Waals surface area contributed by atoms with Crippen LogP contribution in [0.2, 0.25) is 0 Å². The van der Waals surface area contributed by atoms with Gasteiger partial charge >= 0.3 is 0 Å². The Bertz CT molecular complexity index is 873. The summed E-state index contributed by atoms with van der Waals surface area (Å²) < 4.78 is 38.5. The third-order valence-electron chi connectivity index (χ3n) is 6.04. The zero-order chi connectivity index (χ0) is 22.1. The van der Waals surface area contributed by atoms with Crippen molar-refractivity contribution in [3.63, 3.8) is 0 Å². The second-order valence-electron chi connectivity index (χ2n) is 9.05. The highest BCUT2D eigenvalue weighted by atomic mass is 32.2. The molecule has 0 bridgehead atoms. The number of sulfonamides is 1. The van der Waals surface area contributed by atoms with Gasteiger partial charge in [-0.15, -0.1) is 0 Å². The summed E-state index contributed by atoms with van der Waals surface area (Å²) >= 11 is 0. The minimum atomic E-state index is -3.65. The molecule has 0 aromatic heterocycles. The summed E-state index contributed by atoms with van der Waals surface area (Å²) in [7, 11) is -1.70. The molecule has 2 aliphatic heterocycles. The Labute approximate surface area is 179 Å². The van der Waals surface area contributed by atoms with Crippen LogP contribution in [-0.2, 0) is 14.8 Å². The van der Waals surface area contributed by atoms with Crippen LogP contribution >= 0.6 is 0 Å². The van der Waals surface area contributed by atoms with E-state index in [1.165, 1.54) is 10.4 Å². The van der Waals surface area contributed by atoms with Gasteiger partial charge in [0.1, 0.15) is 13.2 Å². The number of amides is 1. The van der Waals surface area contributed by atoms with Gasteiger partial charge in [0.2, 0.25) is 15.9 Å². The summed E-state index contributed by atoms with van der Waals surface area (Å²) in [5, 5.41) is 0. The van der Waals surface area contributed by atoms with Crippen molar-refractivity contribution in [2.45, 2.75) is 38.6 Å². The number of benzene rings is 1. The molecule has 168 valence electrons. The van der Waals surface area contributed by atoms with Gasteiger partial charge in [-0.2, -0.15) is 4.31 Å². The van der Waals surface area contributed by atoms with Gasteiger partial charge in [0, 0.05) is 38.3 Å². The maximum atomic E-state index is 13.0. The van der Waals surface area contributed by atoms with Crippen LogP contribution in [0.5, 0.6) is 11.5 Å². The van der Waals surface area contributed by atoms with Crippen LogP contribution in [0.1, 0.15) is 27.7 Å². The number of hydrogen-bond acceptors (Lipinski definition) is 6. The second-order valence-corrected chi connectivity index (χ2v) is 11.0. The Balaban J connectivity index is 1.60. The molecule has 1 saturated heterocycles. The van der Waals surface area contributed by atoms with E-state index in [0.29, 0.717) is 44.3 Å². The average molecular weight is 440 g/mol. The molecule has 1 amide bonds. The highest BCUT2D eigenvalue weighted by Crippen LogP contribution is 2.33.